The molecule has 2 aromatic carbocycles. The molecule has 2 aliphatic rings. The molecule has 7 heteroatoms. The van der Waals surface area contributed by atoms with E-state index in [2.05, 4.69) is 4.90 Å². The van der Waals surface area contributed by atoms with Crippen molar-refractivity contribution in [2.45, 2.75) is 17.9 Å². The van der Waals surface area contributed by atoms with Crippen molar-refractivity contribution in [3.63, 3.8) is 0 Å². The highest BCUT2D eigenvalue weighted by Gasteiger charge is 2.28. The Kier molecular flexibility index (Phi) is 5.25. The maximum absolute atomic E-state index is 12.7. The maximum Gasteiger partial charge on any atom is 0.178 e. The topological polar surface area (TPSA) is 79.6 Å². The number of benzene rings is 2. The minimum absolute atomic E-state index is 0.0907. The summed E-state index contributed by atoms with van der Waals surface area (Å²) in [5, 5.41) is 8.99. The number of hydrogen-bond acceptors (Lipinski definition) is 6. The van der Waals surface area contributed by atoms with Crippen LogP contribution in [0.4, 0.5) is 0 Å². The van der Waals surface area contributed by atoms with Crippen molar-refractivity contribution in [3.8, 4) is 17.6 Å². The lowest BCUT2D eigenvalue weighted by Crippen LogP contribution is -2.23. The van der Waals surface area contributed by atoms with E-state index in [9.17, 15) is 8.42 Å². The van der Waals surface area contributed by atoms with Gasteiger partial charge in [-0.3, -0.25) is 4.90 Å². The number of fused-ring (bicyclic) bond motifs is 1. The van der Waals surface area contributed by atoms with E-state index in [4.69, 9.17) is 14.7 Å². The lowest BCUT2D eigenvalue weighted by molar-refractivity contribution is 0.171. The van der Waals surface area contributed by atoms with Crippen LogP contribution < -0.4 is 9.47 Å². The van der Waals surface area contributed by atoms with Gasteiger partial charge >= 0.3 is 0 Å². The van der Waals surface area contributed by atoms with Crippen LogP contribution in [0.25, 0.3) is 0 Å². The second-order valence-electron chi connectivity index (χ2n) is 7.29. The molecule has 2 aliphatic heterocycles. The van der Waals surface area contributed by atoms with Crippen LogP contribution in [0.1, 0.15) is 17.5 Å². The fourth-order valence-electron chi connectivity index (χ4n) is 3.80. The van der Waals surface area contributed by atoms with Gasteiger partial charge in [-0.15, -0.1) is 0 Å². The van der Waals surface area contributed by atoms with Crippen molar-refractivity contribution >= 4 is 9.84 Å². The van der Waals surface area contributed by atoms with E-state index in [0.717, 1.165) is 43.1 Å². The lowest BCUT2D eigenvalue weighted by atomic mass is 10.1. The van der Waals surface area contributed by atoms with Gasteiger partial charge < -0.3 is 9.47 Å². The minimum Gasteiger partial charge on any atom is -0.486 e. The van der Waals surface area contributed by atoms with Gasteiger partial charge in [0, 0.05) is 13.1 Å². The zero-order valence-corrected chi connectivity index (χ0v) is 16.3. The predicted molar refractivity (Wildman–Crippen MR) is 104 cm³/mol. The molecule has 0 aliphatic carbocycles. The molecule has 0 bridgehead atoms. The van der Waals surface area contributed by atoms with Gasteiger partial charge in [-0.1, -0.05) is 12.1 Å². The molecule has 0 N–H and O–H groups in total. The van der Waals surface area contributed by atoms with Crippen molar-refractivity contribution in [1.82, 2.24) is 4.90 Å². The largest absolute Gasteiger partial charge is 0.486 e. The highest BCUT2D eigenvalue weighted by atomic mass is 32.2. The van der Waals surface area contributed by atoms with E-state index < -0.39 is 9.84 Å². The average Bonchev–Trinajstić information content (AvgIpc) is 3.14. The Morgan fingerprint density at radius 3 is 2.75 bits per heavy atom. The molecule has 1 fully saturated rings. The Bertz CT molecular complexity index is 1010. The molecular weight excluding hydrogens is 376 g/mol. The third kappa shape index (κ3) is 4.13. The molecule has 1 saturated heterocycles. The van der Waals surface area contributed by atoms with Gasteiger partial charge in [0.15, 0.2) is 21.3 Å². The van der Waals surface area contributed by atoms with Crippen LogP contribution in [0.5, 0.6) is 11.5 Å². The van der Waals surface area contributed by atoms with E-state index in [1.54, 1.807) is 18.2 Å². The van der Waals surface area contributed by atoms with Crippen LogP contribution in [0.2, 0.25) is 0 Å². The maximum atomic E-state index is 12.7. The number of nitrogens with zero attached hydrogens (tertiary/aromatic N) is 2. The smallest absolute Gasteiger partial charge is 0.178 e. The molecule has 146 valence electrons. The summed E-state index contributed by atoms with van der Waals surface area (Å²) < 4.78 is 36.6. The van der Waals surface area contributed by atoms with Crippen molar-refractivity contribution < 1.29 is 17.9 Å². The van der Waals surface area contributed by atoms with Crippen LogP contribution in [0.15, 0.2) is 47.4 Å². The Hall–Kier alpha value is -2.56. The second kappa shape index (κ2) is 7.82. The predicted octanol–water partition coefficient (Wildman–Crippen LogP) is 2.63. The van der Waals surface area contributed by atoms with Crippen molar-refractivity contribution in [1.29, 1.82) is 5.26 Å². The molecule has 2 aromatic rings. The number of nitriles is 1. The van der Waals surface area contributed by atoms with Crippen LogP contribution >= 0.6 is 0 Å². The van der Waals surface area contributed by atoms with Gasteiger partial charge in [0.1, 0.15) is 13.2 Å². The number of hydrogen-bond donors (Lipinski definition) is 0. The molecule has 0 aromatic heterocycles. The molecular formula is C21H22N2O4S. The van der Waals surface area contributed by atoms with Crippen LogP contribution in [-0.2, 0) is 16.4 Å². The van der Waals surface area contributed by atoms with E-state index in [1.807, 2.05) is 24.3 Å². The highest BCUT2D eigenvalue weighted by Crippen LogP contribution is 2.32. The first-order chi connectivity index (χ1) is 13.5. The summed E-state index contributed by atoms with van der Waals surface area (Å²) in [6.07, 6.45) is 0.849. The number of rotatable bonds is 5. The molecule has 6 nitrogen and oxygen atoms in total. The quantitative estimate of drug-likeness (QED) is 0.770. The Morgan fingerprint density at radius 2 is 1.93 bits per heavy atom. The summed E-state index contributed by atoms with van der Waals surface area (Å²) in [6.45, 7) is 3.51. The average molecular weight is 398 g/mol. The fraction of sp³-hybridized carbons (Fsp3) is 0.381. The van der Waals surface area contributed by atoms with Gasteiger partial charge in [-0.2, -0.15) is 5.26 Å². The second-order valence-corrected chi connectivity index (χ2v) is 9.32. The van der Waals surface area contributed by atoms with Gasteiger partial charge in [0.05, 0.1) is 22.3 Å². The summed E-state index contributed by atoms with van der Waals surface area (Å²) >= 11 is 0. The Balaban J connectivity index is 1.38. The summed E-state index contributed by atoms with van der Waals surface area (Å²) in [5.41, 5.74) is 1.50. The molecule has 28 heavy (non-hydrogen) atoms. The minimum atomic E-state index is -3.40. The Labute approximate surface area is 165 Å². The molecule has 2 heterocycles. The van der Waals surface area contributed by atoms with Gasteiger partial charge in [-0.25, -0.2) is 8.42 Å². The highest BCUT2D eigenvalue weighted by molar-refractivity contribution is 7.91. The van der Waals surface area contributed by atoms with E-state index >= 15 is 0 Å². The fourth-order valence-corrected chi connectivity index (χ4v) is 5.48. The first-order valence-electron chi connectivity index (χ1n) is 9.37. The van der Waals surface area contributed by atoms with Crippen LogP contribution in [0, 0.1) is 17.2 Å². The van der Waals surface area contributed by atoms with Gasteiger partial charge in [0.2, 0.25) is 0 Å². The first kappa shape index (κ1) is 18.8. The summed E-state index contributed by atoms with van der Waals surface area (Å²) in [4.78, 5) is 2.51. The van der Waals surface area contributed by atoms with Gasteiger partial charge in [-0.05, 0) is 54.8 Å². The lowest BCUT2D eigenvalue weighted by Gasteiger charge is -2.21. The van der Waals surface area contributed by atoms with Crippen LogP contribution in [0.3, 0.4) is 0 Å². The molecule has 4 rings (SSSR count). The van der Waals surface area contributed by atoms with Gasteiger partial charge in [0.25, 0.3) is 0 Å². The van der Waals surface area contributed by atoms with Crippen LogP contribution in [-0.4, -0.2) is 45.4 Å². The monoisotopic (exact) mass is 398 g/mol. The summed E-state index contributed by atoms with van der Waals surface area (Å²) in [5.74, 6) is 1.76. The summed E-state index contributed by atoms with van der Waals surface area (Å²) in [6, 6.07) is 14.2. The van der Waals surface area contributed by atoms with Crippen molar-refractivity contribution in [2.24, 2.45) is 5.92 Å². The molecule has 0 unspecified atom stereocenters. The number of sulfone groups is 1. The Morgan fingerprint density at radius 1 is 1.11 bits per heavy atom. The first-order valence-corrected chi connectivity index (χ1v) is 11.0. The molecule has 0 amide bonds. The normalized spacial score (nSPS) is 19.3. The zero-order valence-electron chi connectivity index (χ0n) is 15.5. The molecule has 0 spiro atoms. The summed E-state index contributed by atoms with van der Waals surface area (Å²) in [7, 11) is -3.40. The van der Waals surface area contributed by atoms with E-state index in [1.165, 1.54) is 6.07 Å². The third-order valence-electron chi connectivity index (χ3n) is 5.16. The van der Waals surface area contributed by atoms with E-state index in [-0.39, 0.29) is 16.6 Å². The molecule has 0 radical (unpaired) electrons. The SMILES string of the molecule is N#Cc1cccc(S(=O)(=O)C[C@@H]2CCN(Cc3ccc4c(c3)OCCO4)C2)c1. The van der Waals surface area contributed by atoms with Crippen molar-refractivity contribution in [3.05, 3.63) is 53.6 Å². The molecule has 0 saturated carbocycles. The van der Waals surface area contributed by atoms with Crippen molar-refractivity contribution in [2.75, 3.05) is 32.1 Å². The number of likely N-dealkylation sites (tertiary alicyclic amines) is 1. The number of ether oxygens (including phenoxy) is 2. The third-order valence-corrected chi connectivity index (χ3v) is 7.04. The molecule has 1 atom stereocenters. The van der Waals surface area contributed by atoms with E-state index in [0.29, 0.717) is 18.8 Å². The standard InChI is InChI=1S/C21H22N2O4S/c22-12-16-2-1-3-19(10-16)28(24,25)15-18-6-7-23(14-18)13-17-4-5-20-21(11-17)27-9-8-26-20/h1-5,10-11,18H,6-9,13-15H2/t18-/m1/s1. The zero-order chi connectivity index (χ0) is 19.6.